The van der Waals surface area contributed by atoms with Crippen LogP contribution in [0.4, 0.5) is 0 Å². The quantitative estimate of drug-likeness (QED) is 0.218. The number of primary amides is 1. The number of nitrogens with zero attached hydrogens (tertiary/aromatic N) is 2. The van der Waals surface area contributed by atoms with Crippen molar-refractivity contribution in [2.24, 2.45) is 22.5 Å². The lowest BCUT2D eigenvalue weighted by Gasteiger charge is -2.18. The average molecular weight is 202 g/mol. The van der Waals surface area contributed by atoms with E-state index < -0.39 is 17.7 Å². The van der Waals surface area contributed by atoms with Gasteiger partial charge in [0, 0.05) is 7.05 Å². The summed E-state index contributed by atoms with van der Waals surface area (Å²) in [7, 11) is 1.41. The number of likely N-dealkylation sites (N-methyl/N-ethyl adjacent to an activating group) is 1. The number of hydrogen-bond donors (Lipinski definition) is 3. The molecule has 0 spiro atoms. The SMILES string of the molecule is CC(C(=O)N(C)CC(N)=O)C(N)=NO. The molecule has 0 radical (unpaired) electrons. The molecule has 0 saturated carbocycles. The minimum Gasteiger partial charge on any atom is -0.409 e. The van der Waals surface area contributed by atoms with Crippen molar-refractivity contribution in [3.8, 4) is 0 Å². The second-order valence-electron chi connectivity index (χ2n) is 2.91. The van der Waals surface area contributed by atoms with Gasteiger partial charge in [-0.1, -0.05) is 5.16 Å². The van der Waals surface area contributed by atoms with Crippen LogP contribution in [0.1, 0.15) is 6.92 Å². The number of amides is 2. The molecule has 0 bridgehead atoms. The molecule has 7 nitrogen and oxygen atoms in total. The van der Waals surface area contributed by atoms with Crippen molar-refractivity contribution in [1.29, 1.82) is 0 Å². The number of amidine groups is 1. The Morgan fingerprint density at radius 3 is 2.36 bits per heavy atom. The van der Waals surface area contributed by atoms with Gasteiger partial charge in [-0.25, -0.2) is 0 Å². The second-order valence-corrected chi connectivity index (χ2v) is 2.91. The maximum absolute atomic E-state index is 11.4. The fourth-order valence-electron chi connectivity index (χ4n) is 0.855. The fourth-order valence-corrected chi connectivity index (χ4v) is 0.855. The number of carbonyl (C=O) groups is 2. The van der Waals surface area contributed by atoms with Gasteiger partial charge < -0.3 is 21.6 Å². The van der Waals surface area contributed by atoms with Gasteiger partial charge >= 0.3 is 0 Å². The minimum atomic E-state index is -0.774. The maximum atomic E-state index is 11.4. The van der Waals surface area contributed by atoms with E-state index in [1.807, 2.05) is 0 Å². The first-order valence-electron chi connectivity index (χ1n) is 3.90. The Morgan fingerprint density at radius 2 is 2.00 bits per heavy atom. The van der Waals surface area contributed by atoms with Gasteiger partial charge in [0.05, 0.1) is 12.5 Å². The molecule has 0 aliphatic carbocycles. The smallest absolute Gasteiger partial charge is 0.237 e. The van der Waals surface area contributed by atoms with Gasteiger partial charge in [0.2, 0.25) is 11.8 Å². The molecular weight excluding hydrogens is 188 g/mol. The molecule has 0 rings (SSSR count). The van der Waals surface area contributed by atoms with Gasteiger partial charge in [0.1, 0.15) is 0 Å². The van der Waals surface area contributed by atoms with Crippen molar-refractivity contribution in [2.45, 2.75) is 6.92 Å². The zero-order valence-corrected chi connectivity index (χ0v) is 8.10. The van der Waals surface area contributed by atoms with Crippen LogP contribution in [-0.4, -0.2) is 41.3 Å². The van der Waals surface area contributed by atoms with E-state index in [-0.39, 0.29) is 12.4 Å². The van der Waals surface area contributed by atoms with Crippen molar-refractivity contribution in [1.82, 2.24) is 4.90 Å². The summed E-state index contributed by atoms with van der Waals surface area (Å²) in [5.41, 5.74) is 10.1. The van der Waals surface area contributed by atoms with E-state index >= 15 is 0 Å². The van der Waals surface area contributed by atoms with Crippen molar-refractivity contribution in [2.75, 3.05) is 13.6 Å². The highest BCUT2D eigenvalue weighted by Gasteiger charge is 2.21. The first-order valence-corrected chi connectivity index (χ1v) is 3.90. The summed E-state index contributed by atoms with van der Waals surface area (Å²) in [6.07, 6.45) is 0. The zero-order chi connectivity index (χ0) is 11.3. The second kappa shape index (κ2) is 5.05. The molecule has 0 fully saturated rings. The van der Waals surface area contributed by atoms with Crippen molar-refractivity contribution in [3.63, 3.8) is 0 Å². The Hall–Kier alpha value is -1.79. The van der Waals surface area contributed by atoms with Crippen LogP contribution in [0.3, 0.4) is 0 Å². The minimum absolute atomic E-state index is 0.193. The van der Waals surface area contributed by atoms with Crippen molar-refractivity contribution < 1.29 is 14.8 Å². The molecule has 7 heteroatoms. The summed E-state index contributed by atoms with van der Waals surface area (Å²) in [6.45, 7) is 1.27. The standard InChI is InChI=1S/C7H14N4O3/c1-4(6(9)10-14)7(13)11(2)3-5(8)12/h4,14H,3H2,1-2H3,(H2,8,12)(H2,9,10). The van der Waals surface area contributed by atoms with Gasteiger partial charge in [0.25, 0.3) is 0 Å². The van der Waals surface area contributed by atoms with Crippen LogP contribution in [-0.2, 0) is 9.59 Å². The molecule has 0 aliphatic heterocycles. The lowest BCUT2D eigenvalue weighted by atomic mass is 10.1. The Bertz CT molecular complexity index is 264. The number of nitrogens with two attached hydrogens (primary N) is 2. The molecule has 2 amide bonds. The highest BCUT2D eigenvalue weighted by Crippen LogP contribution is 2.00. The molecule has 80 valence electrons. The van der Waals surface area contributed by atoms with E-state index in [0.717, 1.165) is 4.90 Å². The van der Waals surface area contributed by atoms with Crippen LogP contribution >= 0.6 is 0 Å². The van der Waals surface area contributed by atoms with Crippen LogP contribution in [0.5, 0.6) is 0 Å². The molecule has 0 aliphatic rings. The monoisotopic (exact) mass is 202 g/mol. The van der Waals surface area contributed by atoms with Crippen molar-refractivity contribution >= 4 is 17.6 Å². The summed E-state index contributed by atoms with van der Waals surface area (Å²) in [4.78, 5) is 23.0. The molecule has 0 saturated heterocycles. The lowest BCUT2D eigenvalue weighted by Crippen LogP contribution is -2.42. The summed E-state index contributed by atoms with van der Waals surface area (Å²) in [5, 5.41) is 11.0. The third-order valence-electron chi connectivity index (χ3n) is 1.70. The third kappa shape index (κ3) is 3.30. The molecular formula is C7H14N4O3. The first kappa shape index (κ1) is 12.2. The van der Waals surface area contributed by atoms with Crippen LogP contribution in [0.25, 0.3) is 0 Å². The predicted molar refractivity (Wildman–Crippen MR) is 49.4 cm³/mol. The zero-order valence-electron chi connectivity index (χ0n) is 8.10. The van der Waals surface area contributed by atoms with Crippen LogP contribution in [0, 0.1) is 5.92 Å². The number of oxime groups is 1. The molecule has 0 aromatic carbocycles. The Kier molecular flexibility index (Phi) is 4.41. The molecule has 0 aromatic rings. The predicted octanol–water partition coefficient (Wildman–Crippen LogP) is -1.69. The highest BCUT2D eigenvalue weighted by molar-refractivity contribution is 6.02. The first-order chi connectivity index (χ1) is 6.40. The van der Waals surface area contributed by atoms with Gasteiger partial charge in [-0.3, -0.25) is 9.59 Å². The van der Waals surface area contributed by atoms with E-state index in [4.69, 9.17) is 16.7 Å². The normalized spacial score (nSPS) is 13.4. The van der Waals surface area contributed by atoms with Crippen molar-refractivity contribution in [3.05, 3.63) is 0 Å². The number of carbonyl (C=O) groups excluding carboxylic acids is 2. The Labute approximate surface area is 81.3 Å². The van der Waals surface area contributed by atoms with Crippen LogP contribution in [0.2, 0.25) is 0 Å². The lowest BCUT2D eigenvalue weighted by molar-refractivity contribution is -0.135. The summed E-state index contributed by atoms with van der Waals surface area (Å²) < 4.78 is 0. The van der Waals surface area contributed by atoms with Crippen LogP contribution in [0.15, 0.2) is 5.16 Å². The number of hydrogen-bond acceptors (Lipinski definition) is 4. The summed E-state index contributed by atoms with van der Waals surface area (Å²) >= 11 is 0. The number of rotatable bonds is 4. The molecule has 1 atom stereocenters. The molecule has 5 N–H and O–H groups in total. The summed E-state index contributed by atoms with van der Waals surface area (Å²) in [5.74, 6) is -2.03. The van der Waals surface area contributed by atoms with Crippen LogP contribution < -0.4 is 11.5 Å². The van der Waals surface area contributed by atoms with E-state index in [0.29, 0.717) is 0 Å². The van der Waals surface area contributed by atoms with E-state index in [1.165, 1.54) is 14.0 Å². The Balaban J connectivity index is 4.39. The van der Waals surface area contributed by atoms with E-state index in [9.17, 15) is 9.59 Å². The van der Waals surface area contributed by atoms with Gasteiger partial charge in [-0.15, -0.1) is 0 Å². The largest absolute Gasteiger partial charge is 0.409 e. The van der Waals surface area contributed by atoms with Gasteiger partial charge in [-0.05, 0) is 6.92 Å². The average Bonchev–Trinajstić information content (AvgIpc) is 2.13. The van der Waals surface area contributed by atoms with Gasteiger partial charge in [-0.2, -0.15) is 0 Å². The molecule has 1 unspecified atom stereocenters. The molecule has 0 heterocycles. The maximum Gasteiger partial charge on any atom is 0.237 e. The van der Waals surface area contributed by atoms with E-state index in [1.54, 1.807) is 0 Å². The highest BCUT2D eigenvalue weighted by atomic mass is 16.4. The third-order valence-corrected chi connectivity index (χ3v) is 1.70. The molecule has 0 aromatic heterocycles. The fraction of sp³-hybridized carbons (Fsp3) is 0.571. The summed E-state index contributed by atoms with van der Waals surface area (Å²) in [6, 6.07) is 0. The topological polar surface area (TPSA) is 122 Å². The Morgan fingerprint density at radius 1 is 1.50 bits per heavy atom. The van der Waals surface area contributed by atoms with E-state index in [2.05, 4.69) is 5.16 Å². The van der Waals surface area contributed by atoms with Gasteiger partial charge in [0.15, 0.2) is 5.84 Å². The molecule has 14 heavy (non-hydrogen) atoms.